The Labute approximate surface area is 104 Å². The SMILES string of the molecule is CC(=O)Nc1ccc2c(S(=O)(=O)O)cccc2c1. The fourth-order valence-corrected chi connectivity index (χ4v) is 2.47. The van der Waals surface area contributed by atoms with Crippen LogP contribution in [0.15, 0.2) is 41.3 Å². The highest BCUT2D eigenvalue weighted by Crippen LogP contribution is 2.25. The molecule has 0 saturated carbocycles. The molecule has 0 bridgehead atoms. The smallest absolute Gasteiger partial charge is 0.295 e. The van der Waals surface area contributed by atoms with E-state index in [0.717, 1.165) is 0 Å². The Bertz CT molecular complexity index is 722. The lowest BCUT2D eigenvalue weighted by Crippen LogP contribution is -2.05. The van der Waals surface area contributed by atoms with Crippen LogP contribution in [-0.2, 0) is 14.9 Å². The fraction of sp³-hybridized carbons (Fsp3) is 0.0833. The first-order chi connectivity index (χ1) is 8.38. The molecule has 0 aliphatic rings. The number of carbonyl (C=O) groups excluding carboxylic acids is 1. The Morgan fingerprint density at radius 2 is 1.94 bits per heavy atom. The van der Waals surface area contributed by atoms with Gasteiger partial charge >= 0.3 is 0 Å². The second-order valence-electron chi connectivity index (χ2n) is 3.85. The van der Waals surface area contributed by atoms with Crippen molar-refractivity contribution >= 4 is 32.5 Å². The number of hydrogen-bond acceptors (Lipinski definition) is 3. The van der Waals surface area contributed by atoms with Crippen molar-refractivity contribution in [2.75, 3.05) is 5.32 Å². The third kappa shape index (κ3) is 2.49. The van der Waals surface area contributed by atoms with Crippen LogP contribution < -0.4 is 5.32 Å². The molecule has 5 nitrogen and oxygen atoms in total. The molecule has 2 aromatic carbocycles. The minimum Gasteiger partial charge on any atom is -0.326 e. The first-order valence-corrected chi connectivity index (χ1v) is 6.60. The van der Waals surface area contributed by atoms with Crippen molar-refractivity contribution in [3.05, 3.63) is 36.4 Å². The van der Waals surface area contributed by atoms with E-state index in [1.165, 1.54) is 19.1 Å². The molecule has 0 aliphatic carbocycles. The number of rotatable bonds is 2. The highest BCUT2D eigenvalue weighted by Gasteiger charge is 2.13. The standard InChI is InChI=1S/C12H11NO4S/c1-8(14)13-10-5-6-11-9(7-10)3-2-4-12(11)18(15,16)17/h2-7H,1H3,(H,13,14)(H,15,16,17). The molecule has 0 aromatic heterocycles. The zero-order valence-corrected chi connectivity index (χ0v) is 10.4. The molecule has 0 atom stereocenters. The molecule has 94 valence electrons. The van der Waals surface area contributed by atoms with E-state index in [-0.39, 0.29) is 10.8 Å². The van der Waals surface area contributed by atoms with Gasteiger partial charge in [-0.15, -0.1) is 0 Å². The third-order valence-corrected chi connectivity index (χ3v) is 3.35. The van der Waals surface area contributed by atoms with Gasteiger partial charge in [0.1, 0.15) is 4.90 Å². The second kappa shape index (κ2) is 4.40. The number of fused-ring (bicyclic) bond motifs is 1. The van der Waals surface area contributed by atoms with E-state index in [9.17, 15) is 13.2 Å². The Morgan fingerprint density at radius 3 is 2.56 bits per heavy atom. The van der Waals surface area contributed by atoms with Gasteiger partial charge in [-0.3, -0.25) is 9.35 Å². The molecule has 2 rings (SSSR count). The zero-order chi connectivity index (χ0) is 13.3. The summed E-state index contributed by atoms with van der Waals surface area (Å²) in [4.78, 5) is 10.8. The maximum atomic E-state index is 11.2. The third-order valence-electron chi connectivity index (χ3n) is 2.44. The minimum absolute atomic E-state index is 0.144. The van der Waals surface area contributed by atoms with Gasteiger partial charge in [0, 0.05) is 18.0 Å². The van der Waals surface area contributed by atoms with Gasteiger partial charge in [0.2, 0.25) is 5.91 Å². The Balaban J connectivity index is 2.64. The number of hydrogen-bond donors (Lipinski definition) is 2. The van der Waals surface area contributed by atoms with Gasteiger partial charge in [0.25, 0.3) is 10.1 Å². The van der Waals surface area contributed by atoms with Gasteiger partial charge in [0.05, 0.1) is 0 Å². The topological polar surface area (TPSA) is 83.5 Å². The quantitative estimate of drug-likeness (QED) is 0.814. The lowest BCUT2D eigenvalue weighted by atomic mass is 10.1. The normalized spacial score (nSPS) is 11.4. The Kier molecular flexibility index (Phi) is 3.06. The Hall–Kier alpha value is -1.92. The molecule has 0 aliphatic heterocycles. The maximum Gasteiger partial charge on any atom is 0.295 e. The number of amides is 1. The van der Waals surface area contributed by atoms with Crippen molar-refractivity contribution in [3.63, 3.8) is 0 Å². The van der Waals surface area contributed by atoms with E-state index in [4.69, 9.17) is 4.55 Å². The second-order valence-corrected chi connectivity index (χ2v) is 5.24. The number of anilines is 1. The fourth-order valence-electron chi connectivity index (χ4n) is 1.76. The van der Waals surface area contributed by atoms with Crippen LogP contribution in [0.4, 0.5) is 5.69 Å². The van der Waals surface area contributed by atoms with Crippen LogP contribution in [0.3, 0.4) is 0 Å². The van der Waals surface area contributed by atoms with Crippen LogP contribution in [0.1, 0.15) is 6.92 Å². The van der Waals surface area contributed by atoms with Crippen molar-refractivity contribution in [1.29, 1.82) is 0 Å². The highest BCUT2D eigenvalue weighted by atomic mass is 32.2. The molecular weight excluding hydrogens is 254 g/mol. The van der Waals surface area contributed by atoms with Gasteiger partial charge in [-0.2, -0.15) is 8.42 Å². The van der Waals surface area contributed by atoms with Crippen LogP contribution in [0.2, 0.25) is 0 Å². The summed E-state index contributed by atoms with van der Waals surface area (Å²) in [6.45, 7) is 1.39. The average Bonchev–Trinajstić information content (AvgIpc) is 2.25. The molecule has 18 heavy (non-hydrogen) atoms. The number of nitrogens with one attached hydrogen (secondary N) is 1. The summed E-state index contributed by atoms with van der Waals surface area (Å²) in [5, 5.41) is 3.64. The molecule has 2 N–H and O–H groups in total. The molecule has 0 unspecified atom stereocenters. The molecular formula is C12H11NO4S. The van der Waals surface area contributed by atoms with Crippen molar-refractivity contribution in [2.24, 2.45) is 0 Å². The minimum atomic E-state index is -4.25. The van der Waals surface area contributed by atoms with Crippen molar-refractivity contribution in [3.8, 4) is 0 Å². The lowest BCUT2D eigenvalue weighted by molar-refractivity contribution is -0.114. The zero-order valence-electron chi connectivity index (χ0n) is 9.54. The van der Waals surface area contributed by atoms with E-state index >= 15 is 0 Å². The van der Waals surface area contributed by atoms with E-state index in [1.807, 2.05) is 0 Å². The van der Waals surface area contributed by atoms with Crippen LogP contribution >= 0.6 is 0 Å². The largest absolute Gasteiger partial charge is 0.326 e. The number of benzene rings is 2. The predicted octanol–water partition coefficient (Wildman–Crippen LogP) is 2.04. The van der Waals surface area contributed by atoms with Crippen LogP contribution in [0.5, 0.6) is 0 Å². The first kappa shape index (κ1) is 12.5. The molecule has 6 heteroatoms. The van der Waals surface area contributed by atoms with Crippen LogP contribution in [-0.4, -0.2) is 18.9 Å². The van der Waals surface area contributed by atoms with Crippen LogP contribution in [0, 0.1) is 0 Å². The van der Waals surface area contributed by atoms with Crippen molar-refractivity contribution in [2.45, 2.75) is 11.8 Å². The van der Waals surface area contributed by atoms with E-state index in [0.29, 0.717) is 16.5 Å². The van der Waals surface area contributed by atoms with Gasteiger partial charge in [0.15, 0.2) is 0 Å². The predicted molar refractivity (Wildman–Crippen MR) is 68.1 cm³/mol. The van der Waals surface area contributed by atoms with Crippen LogP contribution in [0.25, 0.3) is 10.8 Å². The van der Waals surface area contributed by atoms with Gasteiger partial charge < -0.3 is 5.32 Å². The lowest BCUT2D eigenvalue weighted by Gasteiger charge is -2.06. The molecule has 1 amide bonds. The van der Waals surface area contributed by atoms with Gasteiger partial charge in [-0.25, -0.2) is 0 Å². The molecule has 0 radical (unpaired) electrons. The number of carbonyl (C=O) groups is 1. The van der Waals surface area contributed by atoms with Crippen molar-refractivity contribution < 1.29 is 17.8 Å². The van der Waals surface area contributed by atoms with E-state index in [2.05, 4.69) is 5.32 Å². The monoisotopic (exact) mass is 265 g/mol. The average molecular weight is 265 g/mol. The summed E-state index contributed by atoms with van der Waals surface area (Å²) >= 11 is 0. The summed E-state index contributed by atoms with van der Waals surface area (Å²) < 4.78 is 31.5. The summed E-state index contributed by atoms with van der Waals surface area (Å²) in [7, 11) is -4.25. The molecule has 0 heterocycles. The summed E-state index contributed by atoms with van der Waals surface area (Å²) in [6, 6.07) is 9.33. The molecule has 0 fully saturated rings. The van der Waals surface area contributed by atoms with Crippen molar-refractivity contribution in [1.82, 2.24) is 0 Å². The first-order valence-electron chi connectivity index (χ1n) is 5.16. The van der Waals surface area contributed by atoms with E-state index < -0.39 is 10.1 Å². The summed E-state index contributed by atoms with van der Waals surface area (Å²) in [5.74, 6) is -0.208. The highest BCUT2D eigenvalue weighted by molar-refractivity contribution is 7.86. The van der Waals surface area contributed by atoms with Gasteiger partial charge in [-0.05, 0) is 23.6 Å². The molecule has 0 spiro atoms. The maximum absolute atomic E-state index is 11.2. The molecule has 2 aromatic rings. The van der Waals surface area contributed by atoms with Gasteiger partial charge in [-0.1, -0.05) is 18.2 Å². The van der Waals surface area contributed by atoms with E-state index in [1.54, 1.807) is 24.3 Å². The Morgan fingerprint density at radius 1 is 1.22 bits per heavy atom. The summed E-state index contributed by atoms with van der Waals surface area (Å²) in [6.07, 6.45) is 0. The summed E-state index contributed by atoms with van der Waals surface area (Å²) in [5.41, 5.74) is 0.572. The molecule has 0 saturated heterocycles.